The number of rotatable bonds is 4. The number of nitrogens with one attached hydrogen (secondary N) is 1. The molecule has 0 saturated heterocycles. The summed E-state index contributed by atoms with van der Waals surface area (Å²) < 4.78 is 5.40. The summed E-state index contributed by atoms with van der Waals surface area (Å²) in [6.45, 7) is 0. The number of hydrogen-bond acceptors (Lipinski definition) is 6. The number of nitriles is 1. The summed E-state index contributed by atoms with van der Waals surface area (Å²) in [6.07, 6.45) is 1.63. The van der Waals surface area contributed by atoms with E-state index in [2.05, 4.69) is 22.4 Å². The maximum Gasteiger partial charge on any atom is 0.345 e. The molecule has 0 atom stereocenters. The van der Waals surface area contributed by atoms with Gasteiger partial charge in [0.15, 0.2) is 0 Å². The van der Waals surface area contributed by atoms with Crippen molar-refractivity contribution < 1.29 is 4.42 Å². The van der Waals surface area contributed by atoms with Gasteiger partial charge in [-0.15, -0.1) is 11.3 Å². The van der Waals surface area contributed by atoms with Crippen LogP contribution < -0.4 is 10.9 Å². The molecular formula is C25H15N3O2S. The molecule has 0 aliphatic heterocycles. The Hall–Kier alpha value is -4.21. The zero-order valence-electron chi connectivity index (χ0n) is 16.2. The number of allylic oxidation sites excluding steroid dienone is 1. The number of para-hydroxylation sites is 1. The molecule has 148 valence electrons. The smallest absolute Gasteiger partial charge is 0.345 e. The van der Waals surface area contributed by atoms with Crippen LogP contribution in [0, 0.1) is 11.3 Å². The van der Waals surface area contributed by atoms with E-state index >= 15 is 0 Å². The molecule has 0 aliphatic rings. The molecule has 5 nitrogen and oxygen atoms in total. The zero-order chi connectivity index (χ0) is 21.2. The number of hydrogen-bond donors (Lipinski definition) is 1. The summed E-state index contributed by atoms with van der Waals surface area (Å²) in [6, 6.07) is 25.4. The number of anilines is 1. The van der Waals surface area contributed by atoms with E-state index in [9.17, 15) is 10.1 Å². The van der Waals surface area contributed by atoms with Gasteiger partial charge < -0.3 is 9.73 Å². The molecule has 0 fully saturated rings. The quantitative estimate of drug-likeness (QED) is 0.282. The van der Waals surface area contributed by atoms with E-state index in [-0.39, 0.29) is 0 Å². The Morgan fingerprint density at radius 1 is 1.00 bits per heavy atom. The SMILES string of the molecule is N#CC(=CNc1ccc2ccccc2c1)c1nc(-c2cc3ccccc3oc2=O)cs1. The summed E-state index contributed by atoms with van der Waals surface area (Å²) in [5, 5.41) is 18.2. The summed E-state index contributed by atoms with van der Waals surface area (Å²) in [7, 11) is 0. The molecule has 0 unspecified atom stereocenters. The molecule has 0 radical (unpaired) electrons. The molecule has 0 aliphatic carbocycles. The maximum absolute atomic E-state index is 12.4. The molecule has 0 spiro atoms. The fraction of sp³-hybridized carbons (Fsp3) is 0. The van der Waals surface area contributed by atoms with Gasteiger partial charge in [-0.3, -0.25) is 0 Å². The van der Waals surface area contributed by atoms with Crippen molar-refractivity contribution in [3.63, 3.8) is 0 Å². The summed E-state index contributed by atoms with van der Waals surface area (Å²) in [5.41, 5.74) is 2.21. The van der Waals surface area contributed by atoms with Crippen molar-refractivity contribution in [2.24, 2.45) is 0 Å². The van der Waals surface area contributed by atoms with Crippen molar-refractivity contribution >= 4 is 44.3 Å². The highest BCUT2D eigenvalue weighted by molar-refractivity contribution is 7.11. The van der Waals surface area contributed by atoms with Gasteiger partial charge in [0.2, 0.25) is 0 Å². The van der Waals surface area contributed by atoms with Gasteiger partial charge in [-0.05, 0) is 35.0 Å². The average molecular weight is 421 g/mol. The molecular weight excluding hydrogens is 406 g/mol. The molecule has 5 aromatic rings. The summed E-state index contributed by atoms with van der Waals surface area (Å²) >= 11 is 1.31. The standard InChI is InChI=1S/C25H15N3O2S/c26-13-19(14-27-20-10-9-16-5-1-2-6-17(16)11-20)24-28-22(15-31-24)21-12-18-7-3-4-8-23(18)30-25(21)29/h1-12,14-15,27H. The molecule has 2 heterocycles. The minimum atomic E-state index is -0.452. The molecule has 1 N–H and O–H groups in total. The van der Waals surface area contributed by atoms with Crippen molar-refractivity contribution in [2.75, 3.05) is 5.32 Å². The topological polar surface area (TPSA) is 78.9 Å². The highest BCUT2D eigenvalue weighted by atomic mass is 32.1. The van der Waals surface area contributed by atoms with Crippen LogP contribution in [0.5, 0.6) is 0 Å². The van der Waals surface area contributed by atoms with Crippen molar-refractivity contribution in [2.45, 2.75) is 0 Å². The lowest BCUT2D eigenvalue weighted by Gasteiger charge is -2.04. The second-order valence-electron chi connectivity index (χ2n) is 6.90. The minimum absolute atomic E-state index is 0.376. The Kier molecular flexibility index (Phi) is 4.79. The van der Waals surface area contributed by atoms with Gasteiger partial charge in [0.1, 0.15) is 22.2 Å². The molecule has 31 heavy (non-hydrogen) atoms. The number of thiazole rings is 1. The lowest BCUT2D eigenvalue weighted by atomic mass is 10.1. The predicted molar refractivity (Wildman–Crippen MR) is 125 cm³/mol. The van der Waals surface area contributed by atoms with Crippen molar-refractivity contribution in [1.82, 2.24) is 4.98 Å². The normalized spacial score (nSPS) is 11.5. The van der Waals surface area contributed by atoms with Gasteiger partial charge in [-0.2, -0.15) is 5.26 Å². The zero-order valence-corrected chi connectivity index (χ0v) is 17.0. The monoisotopic (exact) mass is 421 g/mol. The minimum Gasteiger partial charge on any atom is -0.422 e. The van der Waals surface area contributed by atoms with E-state index < -0.39 is 5.63 Å². The first kappa shape index (κ1) is 18.8. The van der Waals surface area contributed by atoms with Gasteiger partial charge in [0.25, 0.3) is 0 Å². The van der Waals surface area contributed by atoms with E-state index in [4.69, 9.17) is 4.42 Å². The highest BCUT2D eigenvalue weighted by Gasteiger charge is 2.13. The Morgan fingerprint density at radius 3 is 2.61 bits per heavy atom. The van der Waals surface area contributed by atoms with E-state index in [1.807, 2.05) is 54.6 Å². The van der Waals surface area contributed by atoms with Crippen LogP contribution in [0.3, 0.4) is 0 Å². The third kappa shape index (κ3) is 3.70. The Balaban J connectivity index is 1.45. The molecule has 0 saturated carbocycles. The maximum atomic E-state index is 12.4. The first-order chi connectivity index (χ1) is 15.2. The van der Waals surface area contributed by atoms with Gasteiger partial charge in [-0.25, -0.2) is 9.78 Å². The van der Waals surface area contributed by atoms with Crippen LogP contribution in [-0.4, -0.2) is 4.98 Å². The third-order valence-electron chi connectivity index (χ3n) is 4.91. The Morgan fingerprint density at radius 2 is 1.77 bits per heavy atom. The number of nitrogens with zero attached hydrogens (tertiary/aromatic N) is 2. The first-order valence-electron chi connectivity index (χ1n) is 9.56. The van der Waals surface area contributed by atoms with Crippen LogP contribution in [0.2, 0.25) is 0 Å². The number of fused-ring (bicyclic) bond motifs is 2. The Bertz CT molecular complexity index is 1560. The van der Waals surface area contributed by atoms with E-state index in [1.54, 1.807) is 23.7 Å². The van der Waals surface area contributed by atoms with Crippen LogP contribution in [-0.2, 0) is 0 Å². The number of aromatic nitrogens is 1. The lowest BCUT2D eigenvalue weighted by Crippen LogP contribution is -2.02. The predicted octanol–water partition coefficient (Wildman–Crippen LogP) is 6.05. The number of benzene rings is 3. The van der Waals surface area contributed by atoms with E-state index in [0.29, 0.717) is 27.4 Å². The van der Waals surface area contributed by atoms with Gasteiger partial charge in [0.05, 0.1) is 11.3 Å². The van der Waals surface area contributed by atoms with Gasteiger partial charge >= 0.3 is 5.63 Å². The van der Waals surface area contributed by atoms with E-state index in [1.165, 1.54) is 11.3 Å². The van der Waals surface area contributed by atoms with Crippen molar-refractivity contribution in [3.05, 3.63) is 99.8 Å². The van der Waals surface area contributed by atoms with Crippen LogP contribution in [0.1, 0.15) is 5.01 Å². The molecule has 2 aromatic heterocycles. The lowest BCUT2D eigenvalue weighted by molar-refractivity contribution is 0.563. The molecule has 6 heteroatoms. The van der Waals surface area contributed by atoms with Gasteiger partial charge in [-0.1, -0.05) is 48.5 Å². The largest absolute Gasteiger partial charge is 0.422 e. The second kappa shape index (κ2) is 7.90. The van der Waals surface area contributed by atoms with Crippen LogP contribution in [0.4, 0.5) is 5.69 Å². The summed E-state index contributed by atoms with van der Waals surface area (Å²) in [5.74, 6) is 0. The molecule has 0 amide bonds. The molecule has 3 aromatic carbocycles. The fourth-order valence-corrected chi connectivity index (χ4v) is 4.12. The average Bonchev–Trinajstić information content (AvgIpc) is 3.28. The Labute approximate surface area is 181 Å². The molecule has 0 bridgehead atoms. The van der Waals surface area contributed by atoms with Gasteiger partial charge in [0, 0.05) is 22.7 Å². The summed E-state index contributed by atoms with van der Waals surface area (Å²) in [4.78, 5) is 16.9. The molecule has 5 rings (SSSR count). The van der Waals surface area contributed by atoms with Crippen LogP contribution >= 0.6 is 11.3 Å². The first-order valence-corrected chi connectivity index (χ1v) is 10.4. The fourth-order valence-electron chi connectivity index (χ4n) is 3.34. The van der Waals surface area contributed by atoms with Crippen LogP contribution in [0.25, 0.3) is 38.6 Å². The van der Waals surface area contributed by atoms with E-state index in [0.717, 1.165) is 21.8 Å². The van der Waals surface area contributed by atoms with Crippen LogP contribution in [0.15, 0.2) is 93.6 Å². The highest BCUT2D eigenvalue weighted by Crippen LogP contribution is 2.27. The third-order valence-corrected chi connectivity index (χ3v) is 5.78. The second-order valence-corrected chi connectivity index (χ2v) is 7.76. The van der Waals surface area contributed by atoms with Crippen molar-refractivity contribution in [3.8, 4) is 17.3 Å². The van der Waals surface area contributed by atoms with Crippen molar-refractivity contribution in [1.29, 1.82) is 5.26 Å².